The summed E-state index contributed by atoms with van der Waals surface area (Å²) in [5.41, 5.74) is 0.726. The van der Waals surface area contributed by atoms with Gasteiger partial charge in [-0.15, -0.1) is 12.4 Å². The Hall–Kier alpha value is -1.30. The maximum atomic E-state index is 12.7. The number of piperidine rings is 1. The smallest absolute Gasteiger partial charge is 0.249 e. The summed E-state index contributed by atoms with van der Waals surface area (Å²) in [6.45, 7) is 2.33. The summed E-state index contributed by atoms with van der Waals surface area (Å²) in [7, 11) is 1.75. The molecule has 2 amide bonds. The van der Waals surface area contributed by atoms with E-state index in [4.69, 9.17) is 11.6 Å². The number of benzene rings is 1. The average Bonchev–Trinajstić information content (AvgIpc) is 2.96. The monoisotopic (exact) mass is 371 g/mol. The molecule has 2 saturated heterocycles. The quantitative estimate of drug-likeness (QED) is 0.886. The first-order valence-electron chi connectivity index (χ1n) is 8.13. The summed E-state index contributed by atoms with van der Waals surface area (Å²) in [5, 5.41) is 3.82. The Bertz CT molecular complexity index is 605. The van der Waals surface area contributed by atoms with E-state index < -0.39 is 0 Å². The lowest BCUT2D eigenvalue weighted by atomic mass is 9.96. The van der Waals surface area contributed by atoms with Crippen LogP contribution in [0.2, 0.25) is 5.02 Å². The molecule has 2 aliphatic rings. The molecule has 1 N–H and O–H groups in total. The third kappa shape index (κ3) is 3.68. The van der Waals surface area contributed by atoms with Crippen molar-refractivity contribution in [3.8, 4) is 0 Å². The SMILES string of the molecule is CN(C(=O)C1CCNCC1)C1CCN(c2ccccc2Cl)C1=O.Cl. The average molecular weight is 372 g/mol. The summed E-state index contributed by atoms with van der Waals surface area (Å²) in [4.78, 5) is 28.7. The second-order valence-electron chi connectivity index (χ2n) is 6.22. The van der Waals surface area contributed by atoms with Crippen molar-refractivity contribution in [1.82, 2.24) is 10.2 Å². The molecule has 2 fully saturated rings. The Balaban J connectivity index is 0.00000208. The highest BCUT2D eigenvalue weighted by Gasteiger charge is 2.39. The Morgan fingerprint density at radius 1 is 1.25 bits per heavy atom. The van der Waals surface area contributed by atoms with Gasteiger partial charge < -0.3 is 15.1 Å². The number of nitrogens with one attached hydrogen (secondary N) is 1. The van der Waals surface area contributed by atoms with E-state index in [9.17, 15) is 9.59 Å². The van der Waals surface area contributed by atoms with Gasteiger partial charge in [-0.25, -0.2) is 0 Å². The molecular formula is C17H23Cl2N3O2. The summed E-state index contributed by atoms with van der Waals surface area (Å²) in [6, 6.07) is 6.95. The van der Waals surface area contributed by atoms with Crippen molar-refractivity contribution < 1.29 is 9.59 Å². The molecule has 0 aromatic heterocycles. The van der Waals surface area contributed by atoms with Gasteiger partial charge in [0.25, 0.3) is 0 Å². The molecule has 0 aliphatic carbocycles. The minimum Gasteiger partial charge on any atom is -0.333 e. The van der Waals surface area contributed by atoms with Crippen molar-refractivity contribution in [3.05, 3.63) is 29.3 Å². The molecule has 0 spiro atoms. The topological polar surface area (TPSA) is 52.7 Å². The van der Waals surface area contributed by atoms with Crippen LogP contribution in [0.4, 0.5) is 5.69 Å². The Morgan fingerprint density at radius 2 is 1.92 bits per heavy atom. The lowest BCUT2D eigenvalue weighted by Crippen LogP contribution is -2.47. The number of carbonyl (C=O) groups excluding carboxylic acids is 2. The fraction of sp³-hybridized carbons (Fsp3) is 0.529. The highest BCUT2D eigenvalue weighted by molar-refractivity contribution is 6.34. The fourth-order valence-electron chi connectivity index (χ4n) is 3.44. The minimum atomic E-state index is -0.381. The Labute approximate surface area is 153 Å². The molecule has 1 aromatic rings. The van der Waals surface area contributed by atoms with Gasteiger partial charge in [0, 0.05) is 19.5 Å². The van der Waals surface area contributed by atoms with Crippen LogP contribution in [-0.2, 0) is 9.59 Å². The van der Waals surface area contributed by atoms with Gasteiger partial charge in [0.15, 0.2) is 0 Å². The van der Waals surface area contributed by atoms with E-state index in [2.05, 4.69) is 5.32 Å². The van der Waals surface area contributed by atoms with E-state index in [1.165, 1.54) is 0 Å². The molecule has 2 aliphatic heterocycles. The number of amides is 2. The predicted molar refractivity (Wildman–Crippen MR) is 97.8 cm³/mol. The highest BCUT2D eigenvalue weighted by atomic mass is 35.5. The third-order valence-corrected chi connectivity index (χ3v) is 5.14. The van der Waals surface area contributed by atoms with Crippen molar-refractivity contribution >= 4 is 41.5 Å². The number of rotatable bonds is 3. The molecule has 0 radical (unpaired) electrons. The predicted octanol–water partition coefficient (Wildman–Crippen LogP) is 2.33. The zero-order valence-electron chi connectivity index (χ0n) is 13.7. The van der Waals surface area contributed by atoms with Crippen LogP contribution in [0.5, 0.6) is 0 Å². The maximum Gasteiger partial charge on any atom is 0.249 e. The lowest BCUT2D eigenvalue weighted by Gasteiger charge is -2.30. The molecule has 1 aromatic carbocycles. The molecule has 3 rings (SSSR count). The van der Waals surface area contributed by atoms with Crippen LogP contribution in [0, 0.1) is 5.92 Å². The van der Waals surface area contributed by atoms with Gasteiger partial charge in [0.1, 0.15) is 6.04 Å². The number of nitrogens with zero attached hydrogens (tertiary/aromatic N) is 2. The first-order chi connectivity index (χ1) is 11.1. The molecule has 1 unspecified atom stereocenters. The second-order valence-corrected chi connectivity index (χ2v) is 6.63. The molecule has 0 saturated carbocycles. The van der Waals surface area contributed by atoms with Crippen molar-refractivity contribution in [3.63, 3.8) is 0 Å². The van der Waals surface area contributed by atoms with Crippen molar-refractivity contribution in [2.24, 2.45) is 5.92 Å². The summed E-state index contributed by atoms with van der Waals surface area (Å²) >= 11 is 6.20. The molecule has 2 heterocycles. The molecule has 132 valence electrons. The molecule has 5 nitrogen and oxygen atoms in total. The van der Waals surface area contributed by atoms with Gasteiger partial charge >= 0.3 is 0 Å². The molecule has 24 heavy (non-hydrogen) atoms. The van der Waals surface area contributed by atoms with Crippen molar-refractivity contribution in [1.29, 1.82) is 0 Å². The van der Waals surface area contributed by atoms with Crippen LogP contribution in [0.15, 0.2) is 24.3 Å². The Morgan fingerprint density at radius 3 is 2.58 bits per heavy atom. The molecule has 7 heteroatoms. The van der Waals surface area contributed by atoms with Crippen LogP contribution in [0.1, 0.15) is 19.3 Å². The summed E-state index contributed by atoms with van der Waals surface area (Å²) in [5.74, 6) is 0.0807. The van der Waals surface area contributed by atoms with Gasteiger partial charge in [-0.1, -0.05) is 23.7 Å². The molecule has 1 atom stereocenters. The maximum absolute atomic E-state index is 12.7. The summed E-state index contributed by atoms with van der Waals surface area (Å²) in [6.07, 6.45) is 2.34. The van der Waals surface area contributed by atoms with Crippen molar-refractivity contribution in [2.45, 2.75) is 25.3 Å². The van der Waals surface area contributed by atoms with Crippen LogP contribution in [-0.4, -0.2) is 49.4 Å². The third-order valence-electron chi connectivity index (χ3n) is 4.82. The summed E-state index contributed by atoms with van der Waals surface area (Å²) < 4.78 is 0. The van der Waals surface area contributed by atoms with Crippen molar-refractivity contribution in [2.75, 3.05) is 31.6 Å². The van der Waals surface area contributed by atoms with E-state index in [1.807, 2.05) is 18.2 Å². The van der Waals surface area contributed by atoms with Crippen LogP contribution >= 0.6 is 24.0 Å². The first-order valence-corrected chi connectivity index (χ1v) is 8.50. The number of halogens is 2. The number of hydrogen-bond acceptors (Lipinski definition) is 3. The first kappa shape index (κ1) is 19.0. The minimum absolute atomic E-state index is 0. The normalized spacial score (nSPS) is 21.5. The van der Waals surface area contributed by atoms with Crippen LogP contribution < -0.4 is 10.2 Å². The molecular weight excluding hydrogens is 349 g/mol. The van der Waals surface area contributed by atoms with Gasteiger partial charge in [0.2, 0.25) is 11.8 Å². The second kappa shape index (κ2) is 8.19. The number of anilines is 1. The van der Waals surface area contributed by atoms with E-state index in [0.717, 1.165) is 31.6 Å². The van der Waals surface area contributed by atoms with Crippen LogP contribution in [0.25, 0.3) is 0 Å². The number of hydrogen-bond donors (Lipinski definition) is 1. The van der Waals surface area contributed by atoms with E-state index in [0.29, 0.717) is 18.0 Å². The number of likely N-dealkylation sites (N-methyl/N-ethyl adjacent to an activating group) is 1. The zero-order chi connectivity index (χ0) is 16.4. The molecule has 0 bridgehead atoms. The highest BCUT2D eigenvalue weighted by Crippen LogP contribution is 2.30. The van der Waals surface area contributed by atoms with E-state index >= 15 is 0 Å². The van der Waals surface area contributed by atoms with E-state index in [-0.39, 0.29) is 36.2 Å². The van der Waals surface area contributed by atoms with Gasteiger partial charge in [-0.2, -0.15) is 0 Å². The fourth-order valence-corrected chi connectivity index (χ4v) is 3.68. The van der Waals surface area contributed by atoms with Gasteiger partial charge in [-0.3, -0.25) is 9.59 Å². The van der Waals surface area contributed by atoms with Gasteiger partial charge in [0.05, 0.1) is 10.7 Å². The number of para-hydroxylation sites is 1. The largest absolute Gasteiger partial charge is 0.333 e. The number of carbonyl (C=O) groups is 2. The Kier molecular flexibility index (Phi) is 6.49. The van der Waals surface area contributed by atoms with Gasteiger partial charge in [-0.05, 0) is 44.5 Å². The zero-order valence-corrected chi connectivity index (χ0v) is 15.3. The lowest BCUT2D eigenvalue weighted by molar-refractivity contribution is -0.140. The van der Waals surface area contributed by atoms with Crippen LogP contribution in [0.3, 0.4) is 0 Å². The van der Waals surface area contributed by atoms with E-state index in [1.54, 1.807) is 22.9 Å². The standard InChI is InChI=1S/C17H22ClN3O2.ClH/c1-20(16(22)12-6-9-19-10-7-12)15-8-11-21(17(15)23)14-5-3-2-4-13(14)18;/h2-5,12,15,19H,6-11H2,1H3;1H.